The molecule has 0 saturated carbocycles. The van der Waals surface area contributed by atoms with Gasteiger partial charge in [0.15, 0.2) is 0 Å². The molecule has 20 heavy (non-hydrogen) atoms. The Bertz CT molecular complexity index is 642. The van der Waals surface area contributed by atoms with Crippen LogP contribution in [0.15, 0.2) is 29.1 Å². The Morgan fingerprint density at radius 3 is 2.85 bits per heavy atom. The molecule has 0 aliphatic carbocycles. The molecule has 0 aliphatic heterocycles. The Morgan fingerprint density at radius 1 is 1.55 bits per heavy atom. The van der Waals surface area contributed by atoms with E-state index in [4.69, 9.17) is 0 Å². The van der Waals surface area contributed by atoms with E-state index in [1.807, 2.05) is 5.38 Å². The van der Waals surface area contributed by atoms with Crippen molar-refractivity contribution in [2.45, 2.75) is 6.54 Å². The second-order valence-electron chi connectivity index (χ2n) is 4.10. The summed E-state index contributed by atoms with van der Waals surface area (Å²) in [7, 11) is 1.72. The van der Waals surface area contributed by atoms with E-state index in [1.54, 1.807) is 17.5 Å². The van der Waals surface area contributed by atoms with Gasteiger partial charge >= 0.3 is 5.97 Å². The number of aromatic nitrogens is 1. The predicted octanol–water partition coefficient (Wildman–Crippen LogP) is 2.39. The van der Waals surface area contributed by atoms with Crippen LogP contribution in [0.3, 0.4) is 0 Å². The molecule has 0 fully saturated rings. The number of hydrogen-bond acceptors (Lipinski definition) is 6. The van der Waals surface area contributed by atoms with Crippen LogP contribution >= 0.6 is 11.3 Å². The van der Waals surface area contributed by atoms with E-state index < -0.39 is 10.9 Å². The van der Waals surface area contributed by atoms with Crippen LogP contribution in [0.4, 0.5) is 11.4 Å². The number of thiazole rings is 1. The summed E-state index contributed by atoms with van der Waals surface area (Å²) in [5, 5.41) is 21.8. The Hall–Kier alpha value is -2.48. The van der Waals surface area contributed by atoms with E-state index in [9.17, 15) is 20.0 Å². The number of anilines is 1. The highest BCUT2D eigenvalue weighted by Gasteiger charge is 2.18. The van der Waals surface area contributed by atoms with Gasteiger partial charge < -0.3 is 10.0 Å². The normalized spacial score (nSPS) is 10.2. The molecule has 7 nitrogen and oxygen atoms in total. The van der Waals surface area contributed by atoms with E-state index in [1.165, 1.54) is 23.5 Å². The first-order valence-electron chi connectivity index (χ1n) is 5.59. The third kappa shape index (κ3) is 2.91. The predicted molar refractivity (Wildman–Crippen MR) is 74.3 cm³/mol. The van der Waals surface area contributed by atoms with Crippen molar-refractivity contribution in [1.82, 2.24) is 4.98 Å². The summed E-state index contributed by atoms with van der Waals surface area (Å²) in [4.78, 5) is 27.1. The summed E-state index contributed by atoms with van der Waals surface area (Å²) in [5.74, 6) is -1.20. The van der Waals surface area contributed by atoms with Crippen molar-refractivity contribution in [2.24, 2.45) is 0 Å². The maximum absolute atomic E-state index is 11.2. The minimum absolute atomic E-state index is 0.100. The quantitative estimate of drug-likeness (QED) is 0.671. The lowest BCUT2D eigenvalue weighted by atomic mass is 10.1. The van der Waals surface area contributed by atoms with Crippen LogP contribution in [0.2, 0.25) is 0 Å². The maximum Gasteiger partial charge on any atom is 0.338 e. The van der Waals surface area contributed by atoms with Gasteiger partial charge in [0.2, 0.25) is 0 Å². The monoisotopic (exact) mass is 293 g/mol. The van der Waals surface area contributed by atoms with Gasteiger partial charge in [-0.05, 0) is 6.07 Å². The first-order valence-corrected chi connectivity index (χ1v) is 6.53. The fourth-order valence-corrected chi connectivity index (χ4v) is 2.34. The number of carbonyl (C=O) groups is 1. The molecule has 8 heteroatoms. The summed E-state index contributed by atoms with van der Waals surface area (Å²) in [5.41, 5.74) is 2.57. The van der Waals surface area contributed by atoms with Crippen molar-refractivity contribution in [1.29, 1.82) is 0 Å². The van der Waals surface area contributed by atoms with Gasteiger partial charge in [-0.25, -0.2) is 9.78 Å². The van der Waals surface area contributed by atoms with Crippen LogP contribution in [-0.2, 0) is 6.54 Å². The second-order valence-corrected chi connectivity index (χ2v) is 4.82. The minimum Gasteiger partial charge on any atom is -0.478 e. The average molecular weight is 293 g/mol. The van der Waals surface area contributed by atoms with Gasteiger partial charge in [-0.2, -0.15) is 0 Å². The first kappa shape index (κ1) is 13.9. The molecule has 0 aliphatic rings. The zero-order valence-corrected chi connectivity index (χ0v) is 11.3. The third-order valence-electron chi connectivity index (χ3n) is 2.72. The second kappa shape index (κ2) is 5.66. The molecule has 0 bridgehead atoms. The highest BCUT2D eigenvalue weighted by atomic mass is 32.1. The summed E-state index contributed by atoms with van der Waals surface area (Å²) in [6.45, 7) is 0.432. The number of benzene rings is 1. The van der Waals surface area contributed by atoms with Crippen LogP contribution < -0.4 is 4.90 Å². The number of nitro groups is 1. The van der Waals surface area contributed by atoms with E-state index in [0.717, 1.165) is 11.8 Å². The Morgan fingerprint density at radius 2 is 2.30 bits per heavy atom. The number of aromatic carboxylic acids is 1. The van der Waals surface area contributed by atoms with Gasteiger partial charge in [0.1, 0.15) is 0 Å². The summed E-state index contributed by atoms with van der Waals surface area (Å²) < 4.78 is 0. The summed E-state index contributed by atoms with van der Waals surface area (Å²) in [6, 6.07) is 3.79. The van der Waals surface area contributed by atoms with Crippen molar-refractivity contribution in [3.8, 4) is 0 Å². The number of non-ortho nitro benzene ring substituents is 1. The third-order valence-corrected chi connectivity index (χ3v) is 3.35. The van der Waals surface area contributed by atoms with Gasteiger partial charge in [-0.15, -0.1) is 11.3 Å². The van der Waals surface area contributed by atoms with E-state index >= 15 is 0 Å². The molecule has 2 rings (SSSR count). The average Bonchev–Trinajstić information content (AvgIpc) is 2.90. The van der Waals surface area contributed by atoms with Crippen molar-refractivity contribution in [3.05, 3.63) is 50.5 Å². The number of nitro benzene ring substituents is 1. The highest BCUT2D eigenvalue weighted by molar-refractivity contribution is 7.07. The lowest BCUT2D eigenvalue weighted by Gasteiger charge is -2.20. The molecular weight excluding hydrogens is 282 g/mol. The fraction of sp³-hybridized carbons (Fsp3) is 0.167. The van der Waals surface area contributed by atoms with Gasteiger partial charge in [-0.1, -0.05) is 0 Å². The molecule has 0 spiro atoms. The molecule has 0 amide bonds. The van der Waals surface area contributed by atoms with Gasteiger partial charge in [0.05, 0.1) is 33.9 Å². The Labute approximate surface area is 118 Å². The SMILES string of the molecule is CN(Cc1cscn1)c1ccc([N+](=O)[O-])cc1C(=O)O. The lowest BCUT2D eigenvalue weighted by Crippen LogP contribution is -2.19. The van der Waals surface area contributed by atoms with E-state index in [-0.39, 0.29) is 11.3 Å². The van der Waals surface area contributed by atoms with Crippen LogP contribution in [0.1, 0.15) is 16.1 Å². The smallest absolute Gasteiger partial charge is 0.338 e. The van der Waals surface area contributed by atoms with Gasteiger partial charge in [0.25, 0.3) is 5.69 Å². The van der Waals surface area contributed by atoms with Crippen LogP contribution in [0, 0.1) is 10.1 Å². The Balaban J connectivity index is 2.35. The van der Waals surface area contributed by atoms with E-state index in [2.05, 4.69) is 4.98 Å². The van der Waals surface area contributed by atoms with Gasteiger partial charge in [0, 0.05) is 24.6 Å². The molecule has 104 valence electrons. The van der Waals surface area contributed by atoms with Crippen LogP contribution in [0.5, 0.6) is 0 Å². The number of carboxylic acid groups (broad SMARTS) is 1. The molecule has 0 radical (unpaired) electrons. The molecule has 1 heterocycles. The Kier molecular flexibility index (Phi) is 3.94. The van der Waals surface area contributed by atoms with Crippen LogP contribution in [-0.4, -0.2) is 28.0 Å². The minimum atomic E-state index is -1.20. The summed E-state index contributed by atoms with van der Waals surface area (Å²) >= 11 is 1.45. The highest BCUT2D eigenvalue weighted by Crippen LogP contribution is 2.26. The van der Waals surface area contributed by atoms with Crippen molar-refractivity contribution in [2.75, 3.05) is 11.9 Å². The molecule has 2 aromatic rings. The first-order chi connectivity index (χ1) is 9.49. The molecule has 1 N–H and O–H groups in total. The van der Waals surface area contributed by atoms with Crippen molar-refractivity contribution in [3.63, 3.8) is 0 Å². The standard InChI is InChI=1S/C12H11N3O4S/c1-14(5-8-6-20-7-13-8)11-3-2-9(15(18)19)4-10(11)12(16)17/h2-4,6-7H,5H2,1H3,(H,16,17). The van der Waals surface area contributed by atoms with E-state index in [0.29, 0.717) is 12.2 Å². The zero-order chi connectivity index (χ0) is 14.7. The molecule has 0 saturated heterocycles. The largest absolute Gasteiger partial charge is 0.478 e. The zero-order valence-electron chi connectivity index (χ0n) is 10.5. The van der Waals surface area contributed by atoms with Gasteiger partial charge in [-0.3, -0.25) is 10.1 Å². The molecule has 0 unspecified atom stereocenters. The molecule has 1 aromatic carbocycles. The number of nitrogens with zero attached hydrogens (tertiary/aromatic N) is 3. The summed E-state index contributed by atoms with van der Waals surface area (Å²) in [6.07, 6.45) is 0. The maximum atomic E-state index is 11.2. The lowest BCUT2D eigenvalue weighted by molar-refractivity contribution is -0.384. The topological polar surface area (TPSA) is 96.6 Å². The van der Waals surface area contributed by atoms with Crippen LogP contribution in [0.25, 0.3) is 0 Å². The number of carboxylic acids is 1. The molecule has 0 atom stereocenters. The number of hydrogen-bond donors (Lipinski definition) is 1. The number of rotatable bonds is 5. The van der Waals surface area contributed by atoms with Crippen molar-refractivity contribution >= 4 is 28.7 Å². The molecular formula is C12H11N3O4S. The molecule has 1 aromatic heterocycles. The van der Waals surface area contributed by atoms with Crippen molar-refractivity contribution < 1.29 is 14.8 Å². The fourth-order valence-electron chi connectivity index (χ4n) is 1.79.